The van der Waals surface area contributed by atoms with Gasteiger partial charge >= 0.3 is 0 Å². The number of anilines is 2. The Morgan fingerprint density at radius 1 is 0.783 bits per heavy atom. The topological polar surface area (TPSA) is 77.2 Å². The lowest BCUT2D eigenvalue weighted by atomic mass is 9.86. The Bertz CT molecular complexity index is 1420. The van der Waals surface area contributed by atoms with Crippen LogP contribution in [0.15, 0.2) is 91.0 Å². The van der Waals surface area contributed by atoms with Gasteiger partial charge in [-0.25, -0.2) is 0 Å². The van der Waals surface area contributed by atoms with Crippen LogP contribution < -0.4 is 24.8 Å². The lowest BCUT2D eigenvalue weighted by Crippen LogP contribution is -2.32. The average Bonchev–Trinajstić information content (AvgIpc) is 3.01. The highest BCUT2D eigenvalue weighted by molar-refractivity contribution is 7.49. The van der Waals surface area contributed by atoms with Crippen LogP contribution in [0.25, 0.3) is 0 Å². The van der Waals surface area contributed by atoms with Crippen molar-refractivity contribution in [3.05, 3.63) is 108 Å². The zero-order chi connectivity index (χ0) is 33.6. The summed E-state index contributed by atoms with van der Waals surface area (Å²) in [7, 11) is 6.60. The van der Waals surface area contributed by atoms with E-state index < -0.39 is 0 Å². The highest BCUT2D eigenvalue weighted by Gasteiger charge is 2.21. The molecule has 1 heterocycles. The third kappa shape index (κ3) is 13.3. The van der Waals surface area contributed by atoms with E-state index in [0.717, 1.165) is 35.2 Å². The molecule has 4 aromatic rings. The fourth-order valence-electron chi connectivity index (χ4n) is 4.23. The molecule has 1 unspecified atom stereocenters. The quantitative estimate of drug-likeness (QED) is 0.131. The Balaban J connectivity index is 0.000000712. The summed E-state index contributed by atoms with van der Waals surface area (Å²) >= 11 is 0. The molecule has 1 atom stereocenters. The molecule has 0 aliphatic carbocycles. The number of ether oxygens (including phenoxy) is 3. The molecule has 0 fully saturated rings. The summed E-state index contributed by atoms with van der Waals surface area (Å²) in [6.45, 7) is 14.6. The standard InChI is InChI=1S/C19H23NO2.C10H14O.C7H9NO.2CH4.BH3P/c1-19(2,3)15-5-10-18-14(11-15)12-20(13-22-18)16-6-8-17(21-4)9-7-16;1-10(2,3)8-4-6-9(11)7-5-8;1-9-7-4-2-6(8)3-5-7;;;1-2/h5-11H,12-13H2,1-4H3;4-7,11H,1-3H3;2-5H,8H2,1H3;2*1H4;1H,2H2/i;;;;;1T. The van der Waals surface area contributed by atoms with Crippen LogP contribution in [0.3, 0.4) is 0 Å². The van der Waals surface area contributed by atoms with Gasteiger partial charge in [-0.05, 0) is 96.1 Å². The Morgan fingerprint density at radius 3 is 1.70 bits per heavy atom. The van der Waals surface area contributed by atoms with E-state index in [1.165, 1.54) is 24.2 Å². The molecule has 1 aliphatic heterocycles. The third-order valence-corrected chi connectivity index (χ3v) is 6.95. The Kier molecular flexibility index (Phi) is 17.2. The number of hydrogen-bond donors (Lipinski definition) is 2. The van der Waals surface area contributed by atoms with Gasteiger partial charge in [-0.2, -0.15) is 9.12 Å². The van der Waals surface area contributed by atoms with E-state index >= 15 is 0 Å². The predicted octanol–water partition coefficient (Wildman–Crippen LogP) is 9.27. The second-order valence-electron chi connectivity index (χ2n) is 12.3. The predicted molar refractivity (Wildman–Crippen MR) is 204 cm³/mol. The molecule has 0 saturated heterocycles. The van der Waals surface area contributed by atoms with Crippen LogP contribution in [0, 0.1) is 0 Å². The number of nitrogens with two attached hydrogens (primary N) is 1. The van der Waals surface area contributed by atoms with Crippen molar-refractivity contribution in [3.8, 4) is 23.0 Å². The number of phenols is 1. The Hall–Kier alpha value is -3.83. The van der Waals surface area contributed by atoms with Gasteiger partial charge in [-0.3, -0.25) is 0 Å². The lowest BCUT2D eigenvalue weighted by Gasteiger charge is -2.32. The fourth-order valence-corrected chi connectivity index (χ4v) is 4.23. The number of rotatable bonds is 3. The molecule has 0 bridgehead atoms. The van der Waals surface area contributed by atoms with E-state index in [2.05, 4.69) is 85.9 Å². The van der Waals surface area contributed by atoms with Gasteiger partial charge < -0.3 is 30.0 Å². The van der Waals surface area contributed by atoms with Gasteiger partial charge in [0.25, 0.3) is 0 Å². The minimum absolute atomic E-state index is 0. The largest absolute Gasteiger partial charge is 0.508 e. The number of hydrogen-bond acceptors (Lipinski definition) is 6. The van der Waals surface area contributed by atoms with Crippen molar-refractivity contribution in [2.45, 2.75) is 73.8 Å². The summed E-state index contributed by atoms with van der Waals surface area (Å²) in [5.41, 5.74) is 11.5. The van der Waals surface area contributed by atoms with Crippen LogP contribution in [0.5, 0.6) is 23.0 Å². The maximum absolute atomic E-state index is 9.02. The van der Waals surface area contributed by atoms with Crippen molar-refractivity contribution in [1.82, 2.24) is 0 Å². The second-order valence-corrected chi connectivity index (χ2v) is 12.3. The SMILES string of the molecule is C.C.CC(C)(C)c1ccc(O)cc1.COc1ccc(N)cc1.COc1ccc(N2COc3ccc(C(C)(C)C)cc3C2)cc1.[3H][B]P. The first-order valence-corrected chi connectivity index (χ1v) is 15.1. The molecule has 0 spiro atoms. The van der Waals surface area contributed by atoms with E-state index in [1.807, 2.05) is 36.4 Å². The number of phenolic OH excluding ortho intramolecular Hbond substituents is 1. The zero-order valence-electron chi connectivity index (χ0n) is 28.4. The van der Waals surface area contributed by atoms with Crippen LogP contribution in [0.1, 0.15) is 73.1 Å². The van der Waals surface area contributed by atoms with Crippen molar-refractivity contribution in [2.24, 2.45) is 0 Å². The molecule has 1 radical (unpaired) electrons. The van der Waals surface area contributed by atoms with Crippen LogP contribution in [-0.2, 0) is 17.4 Å². The number of methoxy groups -OCH3 is 2. The first kappa shape index (κ1) is 40.2. The van der Waals surface area contributed by atoms with Gasteiger partial charge in [0, 0.05) is 23.5 Å². The number of benzene rings is 4. The molecule has 4 aromatic carbocycles. The van der Waals surface area contributed by atoms with Gasteiger partial charge in [0.1, 0.15) is 30.5 Å². The minimum atomic E-state index is 0. The summed E-state index contributed by atoms with van der Waals surface area (Å²) < 4.78 is 22.1. The average molecular weight is 650 g/mol. The summed E-state index contributed by atoms with van der Waals surface area (Å²) in [6.07, 6.45) is 0. The molecule has 3 N–H and O–H groups in total. The third-order valence-electron chi connectivity index (χ3n) is 6.95. The van der Waals surface area contributed by atoms with E-state index in [-0.39, 0.29) is 25.7 Å². The van der Waals surface area contributed by atoms with Crippen molar-refractivity contribution in [1.29, 1.82) is 1.34 Å². The van der Waals surface area contributed by atoms with Crippen molar-refractivity contribution < 1.29 is 19.3 Å². The summed E-state index contributed by atoms with van der Waals surface area (Å²) in [6, 6.07) is 29.3. The molecule has 1 aliphatic rings. The monoisotopic (exact) mass is 649 g/mol. The van der Waals surface area contributed by atoms with Crippen LogP contribution in [0.2, 0.25) is 0 Å². The minimum Gasteiger partial charge on any atom is -0.508 e. The molecular weight excluding hydrogens is 590 g/mol. The van der Waals surface area contributed by atoms with E-state index in [9.17, 15) is 0 Å². The normalized spacial score (nSPS) is 11.7. The highest BCUT2D eigenvalue weighted by Crippen LogP contribution is 2.33. The second kappa shape index (κ2) is 19.6. The Labute approximate surface area is 284 Å². The summed E-state index contributed by atoms with van der Waals surface area (Å²) in [5, 5.41) is 9.02. The number of nitrogen functional groups attached to an aromatic ring is 1. The molecule has 5 rings (SSSR count). The van der Waals surface area contributed by atoms with E-state index in [1.54, 1.807) is 38.5 Å². The van der Waals surface area contributed by atoms with Crippen molar-refractivity contribution in [3.63, 3.8) is 0 Å². The maximum Gasteiger partial charge on any atom is 0.161 e. The fraction of sp³-hybridized carbons (Fsp3) is 0.368. The van der Waals surface area contributed by atoms with Gasteiger partial charge in [-0.1, -0.05) is 74.6 Å². The molecule has 251 valence electrons. The van der Waals surface area contributed by atoms with Crippen LogP contribution in [0.4, 0.5) is 11.4 Å². The van der Waals surface area contributed by atoms with Crippen molar-refractivity contribution in [2.75, 3.05) is 31.6 Å². The van der Waals surface area contributed by atoms with Gasteiger partial charge in [0.2, 0.25) is 0 Å². The smallest absolute Gasteiger partial charge is 0.161 e. The zero-order valence-corrected chi connectivity index (χ0v) is 28.6. The lowest BCUT2D eigenvalue weighted by molar-refractivity contribution is 0.289. The van der Waals surface area contributed by atoms with Crippen LogP contribution in [-0.4, -0.2) is 34.9 Å². The molecule has 0 saturated carbocycles. The van der Waals surface area contributed by atoms with Crippen LogP contribution >= 0.6 is 9.12 Å². The Morgan fingerprint density at radius 2 is 1.24 bits per heavy atom. The first-order chi connectivity index (χ1) is 21.2. The van der Waals surface area contributed by atoms with Gasteiger partial charge in [0.05, 0.1) is 14.2 Å². The van der Waals surface area contributed by atoms with E-state index in [0.29, 0.717) is 12.5 Å². The number of nitrogens with zero attached hydrogens (tertiary/aromatic N) is 1. The van der Waals surface area contributed by atoms with Gasteiger partial charge in [-0.15, -0.1) is 0 Å². The number of fused-ring (bicyclic) bond motifs is 1. The van der Waals surface area contributed by atoms with Crippen molar-refractivity contribution >= 4 is 28.0 Å². The van der Waals surface area contributed by atoms with E-state index in [4.69, 9.17) is 26.4 Å². The molecule has 8 heteroatoms. The number of aromatic hydroxyl groups is 1. The molecule has 46 heavy (non-hydrogen) atoms. The highest BCUT2D eigenvalue weighted by atomic mass is 31.0. The molecule has 0 amide bonds. The first-order valence-electron chi connectivity index (χ1n) is 15.1. The maximum atomic E-state index is 9.02. The summed E-state index contributed by atoms with van der Waals surface area (Å²) in [5.74, 6) is 3.04. The molecule has 0 aromatic heterocycles. The summed E-state index contributed by atoms with van der Waals surface area (Å²) in [4.78, 5) is 2.23. The van der Waals surface area contributed by atoms with Gasteiger partial charge in [0.15, 0.2) is 6.73 Å². The molecular formula is C38H57BN2O4P. The molecule has 6 nitrogen and oxygen atoms in total.